The topological polar surface area (TPSA) is 94.8 Å². The summed E-state index contributed by atoms with van der Waals surface area (Å²) in [7, 11) is -1.76. The second kappa shape index (κ2) is 5.51. The van der Waals surface area contributed by atoms with E-state index < -0.39 is 15.1 Å². The smallest absolute Gasteiger partial charge is 0.253 e. The van der Waals surface area contributed by atoms with Crippen LogP contribution in [0.25, 0.3) is 0 Å². The first-order chi connectivity index (χ1) is 9.29. The van der Waals surface area contributed by atoms with Crippen molar-refractivity contribution in [2.45, 2.75) is 14.9 Å². The monoisotopic (exact) mass is 332 g/mol. The van der Waals surface area contributed by atoms with Gasteiger partial charge in [-0.15, -0.1) is 5.10 Å². The van der Waals surface area contributed by atoms with Crippen molar-refractivity contribution in [3.63, 3.8) is 0 Å². The molecule has 7 nitrogen and oxygen atoms in total. The lowest BCUT2D eigenvalue weighted by molar-refractivity contribution is 0.107. The normalized spacial score (nSPS) is 11.6. The van der Waals surface area contributed by atoms with Crippen molar-refractivity contribution in [1.29, 1.82) is 0 Å². The molecule has 0 aliphatic carbocycles. The van der Waals surface area contributed by atoms with E-state index in [4.69, 9.17) is 11.6 Å². The second-order valence-corrected chi connectivity index (χ2v) is 7.26. The molecule has 20 heavy (non-hydrogen) atoms. The van der Waals surface area contributed by atoms with Crippen LogP contribution in [-0.4, -0.2) is 40.1 Å². The van der Waals surface area contributed by atoms with E-state index in [0.29, 0.717) is 10.1 Å². The van der Waals surface area contributed by atoms with Crippen LogP contribution in [0, 0.1) is 0 Å². The molecular formula is C10H9ClN4O3S2. The van der Waals surface area contributed by atoms with Gasteiger partial charge < -0.3 is 0 Å². The molecular weight excluding hydrogens is 324 g/mol. The summed E-state index contributed by atoms with van der Waals surface area (Å²) in [5.74, 6) is 0. The summed E-state index contributed by atoms with van der Waals surface area (Å²) < 4.78 is 24.4. The first kappa shape index (κ1) is 14.9. The minimum atomic E-state index is -3.41. The summed E-state index contributed by atoms with van der Waals surface area (Å²) in [4.78, 5) is 12.0. The average molecular weight is 333 g/mol. The molecule has 0 saturated heterocycles. The summed E-state index contributed by atoms with van der Waals surface area (Å²) in [5.41, 5.74) is 0.0996. The largest absolute Gasteiger partial charge is 0.276 e. The van der Waals surface area contributed by atoms with E-state index in [1.54, 1.807) is 7.05 Å². The third-order valence-corrected chi connectivity index (χ3v) is 4.79. The summed E-state index contributed by atoms with van der Waals surface area (Å²) in [6, 6.07) is 4.16. The van der Waals surface area contributed by atoms with Gasteiger partial charge in [-0.25, -0.2) is 13.1 Å². The molecule has 0 spiro atoms. The third-order valence-electron chi connectivity index (χ3n) is 2.37. The Bertz CT molecular complexity index is 773. The number of halogens is 1. The predicted molar refractivity (Wildman–Crippen MR) is 72.7 cm³/mol. The second-order valence-electron chi connectivity index (χ2n) is 3.89. The number of benzene rings is 1. The Labute approximate surface area is 124 Å². The number of nitrogens with zero attached hydrogens (tertiary/aromatic N) is 4. The molecule has 1 heterocycles. The van der Waals surface area contributed by atoms with E-state index in [-0.39, 0.29) is 10.5 Å². The fourth-order valence-electron chi connectivity index (χ4n) is 1.39. The summed E-state index contributed by atoms with van der Waals surface area (Å²) >= 11 is 6.63. The van der Waals surface area contributed by atoms with Crippen LogP contribution >= 0.6 is 23.4 Å². The fourth-order valence-corrected chi connectivity index (χ4v) is 3.09. The van der Waals surface area contributed by atoms with Gasteiger partial charge in [-0.2, -0.15) is 0 Å². The number of tetrazole rings is 1. The molecule has 0 bridgehead atoms. The van der Waals surface area contributed by atoms with Crippen LogP contribution in [0.3, 0.4) is 0 Å². The third kappa shape index (κ3) is 3.17. The summed E-state index contributed by atoms with van der Waals surface area (Å²) in [6.45, 7) is 0. The number of carbonyl (C=O) groups excluding carboxylic acids is 1. The Morgan fingerprint density at radius 2 is 2.10 bits per heavy atom. The Balaban J connectivity index is 2.49. The number of hydrogen-bond donors (Lipinski definition) is 0. The molecule has 0 aliphatic heterocycles. The fraction of sp³-hybridized carbons (Fsp3) is 0.200. The molecule has 0 radical (unpaired) electrons. The average Bonchev–Trinajstić information content (AvgIpc) is 2.74. The van der Waals surface area contributed by atoms with Gasteiger partial charge in [0.1, 0.15) is 0 Å². The van der Waals surface area contributed by atoms with E-state index >= 15 is 0 Å². The van der Waals surface area contributed by atoms with Gasteiger partial charge in [0.2, 0.25) is 5.16 Å². The molecule has 0 aliphatic rings. The van der Waals surface area contributed by atoms with Gasteiger partial charge in [0.05, 0.1) is 4.90 Å². The van der Waals surface area contributed by atoms with Crippen molar-refractivity contribution >= 4 is 38.4 Å². The summed E-state index contributed by atoms with van der Waals surface area (Å²) in [6.07, 6.45) is 1.06. The molecule has 1 aromatic heterocycles. The van der Waals surface area contributed by atoms with E-state index in [9.17, 15) is 13.2 Å². The molecule has 0 atom stereocenters. The number of hydrogen-bond acceptors (Lipinski definition) is 7. The van der Waals surface area contributed by atoms with Crippen LogP contribution in [0.2, 0.25) is 0 Å². The van der Waals surface area contributed by atoms with Crippen LogP contribution in [0.1, 0.15) is 10.4 Å². The highest BCUT2D eigenvalue weighted by atomic mass is 35.5. The molecule has 2 rings (SSSR count). The molecule has 0 saturated carbocycles. The molecule has 2 aromatic rings. The van der Waals surface area contributed by atoms with Gasteiger partial charge in [-0.3, -0.25) is 4.79 Å². The van der Waals surface area contributed by atoms with Crippen LogP contribution in [0.4, 0.5) is 0 Å². The molecule has 0 fully saturated rings. The lowest BCUT2D eigenvalue weighted by Gasteiger charge is -2.06. The van der Waals surface area contributed by atoms with Crippen molar-refractivity contribution in [3.8, 4) is 0 Å². The highest BCUT2D eigenvalue weighted by molar-refractivity contribution is 7.99. The van der Waals surface area contributed by atoms with E-state index in [1.165, 1.54) is 22.9 Å². The minimum Gasteiger partial charge on any atom is -0.276 e. The predicted octanol–water partition coefficient (Wildman–Crippen LogP) is 1.14. The zero-order chi connectivity index (χ0) is 14.9. The molecule has 0 unspecified atom stereocenters. The number of rotatable bonds is 4. The number of carbonyl (C=O) groups is 1. The van der Waals surface area contributed by atoms with Crippen molar-refractivity contribution in [2.75, 3.05) is 6.26 Å². The number of aryl methyl sites for hydroxylation is 1. The van der Waals surface area contributed by atoms with Crippen molar-refractivity contribution in [3.05, 3.63) is 23.8 Å². The molecule has 1 aromatic carbocycles. The Morgan fingerprint density at radius 3 is 2.60 bits per heavy atom. The van der Waals surface area contributed by atoms with Gasteiger partial charge >= 0.3 is 0 Å². The van der Waals surface area contributed by atoms with Gasteiger partial charge in [0, 0.05) is 23.8 Å². The quantitative estimate of drug-likeness (QED) is 0.775. The minimum absolute atomic E-state index is 0.0296. The van der Waals surface area contributed by atoms with Gasteiger partial charge in [-0.1, -0.05) is 0 Å². The zero-order valence-electron chi connectivity index (χ0n) is 10.4. The first-order valence-electron chi connectivity index (χ1n) is 5.23. The van der Waals surface area contributed by atoms with Crippen molar-refractivity contribution in [1.82, 2.24) is 20.2 Å². The highest BCUT2D eigenvalue weighted by Gasteiger charge is 2.17. The lowest BCUT2D eigenvalue weighted by atomic mass is 10.2. The first-order valence-corrected chi connectivity index (χ1v) is 8.32. The van der Waals surface area contributed by atoms with Crippen LogP contribution < -0.4 is 0 Å². The molecule has 0 amide bonds. The maximum atomic E-state index is 11.5. The molecule has 10 heteroatoms. The van der Waals surface area contributed by atoms with E-state index in [2.05, 4.69) is 15.5 Å². The highest BCUT2D eigenvalue weighted by Crippen LogP contribution is 2.30. The van der Waals surface area contributed by atoms with Crippen molar-refractivity contribution < 1.29 is 13.2 Å². The van der Waals surface area contributed by atoms with Crippen LogP contribution in [0.5, 0.6) is 0 Å². The lowest BCUT2D eigenvalue weighted by Crippen LogP contribution is -2.01. The summed E-state index contributed by atoms with van der Waals surface area (Å²) in [5, 5.41) is 10.6. The van der Waals surface area contributed by atoms with Gasteiger partial charge in [-0.05, 0) is 52.0 Å². The Morgan fingerprint density at radius 1 is 1.40 bits per heavy atom. The van der Waals surface area contributed by atoms with E-state index in [1.807, 2.05) is 0 Å². The maximum absolute atomic E-state index is 11.5. The molecule has 0 N–H and O–H groups in total. The number of aromatic nitrogens is 4. The van der Waals surface area contributed by atoms with E-state index in [0.717, 1.165) is 18.0 Å². The molecule has 106 valence electrons. The van der Waals surface area contributed by atoms with Crippen LogP contribution in [0.15, 0.2) is 33.1 Å². The van der Waals surface area contributed by atoms with Gasteiger partial charge in [0.15, 0.2) is 9.84 Å². The standard InChI is InChI=1S/C10H9ClN4O3S2/c1-15-10(12-13-14-15)19-8-4-3-6(20(2,17)18)5-7(8)9(11)16/h3-5H,1-2H3. The SMILES string of the molecule is Cn1nnnc1Sc1ccc(S(C)(=O)=O)cc1C(=O)Cl. The Kier molecular flexibility index (Phi) is 4.11. The number of sulfone groups is 1. The Hall–Kier alpha value is -1.45. The van der Waals surface area contributed by atoms with Gasteiger partial charge in [0.25, 0.3) is 5.24 Å². The van der Waals surface area contributed by atoms with Crippen LogP contribution in [-0.2, 0) is 16.9 Å². The maximum Gasteiger partial charge on any atom is 0.253 e. The van der Waals surface area contributed by atoms with Crippen molar-refractivity contribution in [2.24, 2.45) is 7.05 Å². The zero-order valence-corrected chi connectivity index (χ0v) is 12.8.